The van der Waals surface area contributed by atoms with Gasteiger partial charge in [-0.2, -0.15) is 0 Å². The van der Waals surface area contributed by atoms with Crippen molar-refractivity contribution in [2.24, 2.45) is 5.92 Å². The summed E-state index contributed by atoms with van der Waals surface area (Å²) >= 11 is 11.9. The van der Waals surface area contributed by atoms with Crippen LogP contribution < -0.4 is 10.2 Å². The second-order valence-electron chi connectivity index (χ2n) is 4.26. The molecule has 0 amide bonds. The number of halogens is 2. The van der Waals surface area contributed by atoms with E-state index in [9.17, 15) is 0 Å². The first kappa shape index (κ1) is 12.0. The highest BCUT2D eigenvalue weighted by atomic mass is 35.5. The molecule has 1 N–H and O–H groups in total. The van der Waals surface area contributed by atoms with Crippen molar-refractivity contribution in [2.75, 3.05) is 31.6 Å². The highest BCUT2D eigenvalue weighted by molar-refractivity contribution is 6.42. The number of nitrogens with one attached hydrogen (secondary N) is 1. The lowest BCUT2D eigenvalue weighted by Crippen LogP contribution is -2.24. The molecule has 0 bridgehead atoms. The van der Waals surface area contributed by atoms with Gasteiger partial charge in [0.15, 0.2) is 0 Å². The number of nitrogens with zero attached hydrogens (tertiary/aromatic N) is 1. The van der Waals surface area contributed by atoms with Crippen LogP contribution >= 0.6 is 23.2 Å². The van der Waals surface area contributed by atoms with E-state index in [1.807, 2.05) is 25.2 Å². The van der Waals surface area contributed by atoms with Gasteiger partial charge in [0.05, 0.1) is 10.0 Å². The van der Waals surface area contributed by atoms with E-state index >= 15 is 0 Å². The summed E-state index contributed by atoms with van der Waals surface area (Å²) in [5.41, 5.74) is 1.17. The molecule has 0 radical (unpaired) electrons. The van der Waals surface area contributed by atoms with Crippen molar-refractivity contribution in [1.29, 1.82) is 0 Å². The predicted molar refractivity (Wildman–Crippen MR) is 70.7 cm³/mol. The Labute approximate surface area is 107 Å². The normalized spacial score (nSPS) is 20.4. The lowest BCUT2D eigenvalue weighted by Gasteiger charge is -2.19. The number of anilines is 1. The van der Waals surface area contributed by atoms with Crippen LogP contribution in [-0.4, -0.2) is 26.7 Å². The molecule has 1 atom stereocenters. The first-order valence-corrected chi connectivity index (χ1v) is 6.31. The second-order valence-corrected chi connectivity index (χ2v) is 5.07. The standard InChI is InChI=1S/C12H16Cl2N2/c1-15-7-9-4-5-16(8-9)10-2-3-11(13)12(14)6-10/h2-3,6,9,15H,4-5,7-8H2,1H3. The monoisotopic (exact) mass is 258 g/mol. The molecule has 16 heavy (non-hydrogen) atoms. The number of hydrogen-bond donors (Lipinski definition) is 1. The Morgan fingerprint density at radius 1 is 1.38 bits per heavy atom. The summed E-state index contributed by atoms with van der Waals surface area (Å²) in [6.45, 7) is 3.28. The highest BCUT2D eigenvalue weighted by Gasteiger charge is 2.22. The average molecular weight is 259 g/mol. The zero-order valence-corrected chi connectivity index (χ0v) is 10.9. The predicted octanol–water partition coefficient (Wildman–Crippen LogP) is 3.04. The third-order valence-electron chi connectivity index (χ3n) is 3.05. The minimum atomic E-state index is 0.622. The molecule has 2 nitrogen and oxygen atoms in total. The van der Waals surface area contributed by atoms with E-state index < -0.39 is 0 Å². The van der Waals surface area contributed by atoms with E-state index in [1.165, 1.54) is 12.1 Å². The summed E-state index contributed by atoms with van der Waals surface area (Å²) in [6, 6.07) is 5.85. The van der Waals surface area contributed by atoms with Crippen molar-refractivity contribution in [3.63, 3.8) is 0 Å². The van der Waals surface area contributed by atoms with Crippen molar-refractivity contribution < 1.29 is 0 Å². The van der Waals surface area contributed by atoms with Crippen molar-refractivity contribution in [3.05, 3.63) is 28.2 Å². The van der Waals surface area contributed by atoms with Crippen molar-refractivity contribution in [2.45, 2.75) is 6.42 Å². The molecule has 0 aliphatic carbocycles. The Kier molecular flexibility index (Phi) is 3.95. The smallest absolute Gasteiger partial charge is 0.0612 e. The molecule has 1 heterocycles. The molecule has 1 aliphatic heterocycles. The summed E-state index contributed by atoms with van der Waals surface area (Å²) in [7, 11) is 2.00. The molecule has 1 unspecified atom stereocenters. The molecule has 0 aromatic heterocycles. The fourth-order valence-electron chi connectivity index (χ4n) is 2.20. The molecule has 4 heteroatoms. The fourth-order valence-corrected chi connectivity index (χ4v) is 2.50. The molecule has 2 rings (SSSR count). The highest BCUT2D eigenvalue weighted by Crippen LogP contribution is 2.30. The van der Waals surface area contributed by atoms with Crippen LogP contribution in [-0.2, 0) is 0 Å². The van der Waals surface area contributed by atoms with Gasteiger partial charge in [-0.25, -0.2) is 0 Å². The van der Waals surface area contributed by atoms with Gasteiger partial charge in [0.25, 0.3) is 0 Å². The fraction of sp³-hybridized carbons (Fsp3) is 0.500. The quantitative estimate of drug-likeness (QED) is 0.897. The van der Waals surface area contributed by atoms with Gasteiger partial charge in [0.1, 0.15) is 0 Å². The van der Waals surface area contributed by atoms with Gasteiger partial charge < -0.3 is 10.2 Å². The van der Waals surface area contributed by atoms with Gasteiger partial charge in [-0.15, -0.1) is 0 Å². The van der Waals surface area contributed by atoms with Gasteiger partial charge >= 0.3 is 0 Å². The number of hydrogen-bond acceptors (Lipinski definition) is 2. The maximum absolute atomic E-state index is 6.02. The minimum Gasteiger partial charge on any atom is -0.371 e. The molecule has 1 saturated heterocycles. The Hall–Kier alpha value is -0.440. The SMILES string of the molecule is CNCC1CCN(c2ccc(Cl)c(Cl)c2)C1. The summed E-state index contributed by atoms with van der Waals surface area (Å²) < 4.78 is 0. The Morgan fingerprint density at radius 2 is 2.19 bits per heavy atom. The van der Waals surface area contributed by atoms with E-state index in [1.54, 1.807) is 0 Å². The summed E-state index contributed by atoms with van der Waals surface area (Å²) in [5.74, 6) is 0.736. The van der Waals surface area contributed by atoms with E-state index in [2.05, 4.69) is 10.2 Å². The molecule has 0 spiro atoms. The molecule has 0 saturated carbocycles. The molecular weight excluding hydrogens is 243 g/mol. The average Bonchev–Trinajstić information content (AvgIpc) is 2.71. The van der Waals surface area contributed by atoms with Crippen LogP contribution in [0.15, 0.2) is 18.2 Å². The van der Waals surface area contributed by atoms with Crippen LogP contribution in [0, 0.1) is 5.92 Å². The van der Waals surface area contributed by atoms with Crippen molar-refractivity contribution in [1.82, 2.24) is 5.32 Å². The maximum atomic E-state index is 6.02. The molecule has 1 aromatic carbocycles. The van der Waals surface area contributed by atoms with E-state index in [4.69, 9.17) is 23.2 Å². The molecular formula is C12H16Cl2N2. The third-order valence-corrected chi connectivity index (χ3v) is 3.79. The zero-order chi connectivity index (χ0) is 11.5. The first-order valence-electron chi connectivity index (χ1n) is 5.55. The Morgan fingerprint density at radius 3 is 2.88 bits per heavy atom. The molecule has 1 fully saturated rings. The third kappa shape index (κ3) is 2.62. The lowest BCUT2D eigenvalue weighted by atomic mass is 10.1. The maximum Gasteiger partial charge on any atom is 0.0612 e. The van der Waals surface area contributed by atoms with Crippen LogP contribution in [0.5, 0.6) is 0 Å². The molecule has 88 valence electrons. The zero-order valence-electron chi connectivity index (χ0n) is 9.34. The Bertz CT molecular complexity index is 368. The van der Waals surface area contributed by atoms with E-state index in [0.717, 1.165) is 25.6 Å². The molecule has 1 aliphatic rings. The van der Waals surface area contributed by atoms with Crippen LogP contribution in [0.25, 0.3) is 0 Å². The Balaban J connectivity index is 2.05. The number of benzene rings is 1. The molecule has 1 aromatic rings. The lowest BCUT2D eigenvalue weighted by molar-refractivity contribution is 0.549. The first-order chi connectivity index (χ1) is 7.70. The topological polar surface area (TPSA) is 15.3 Å². The largest absolute Gasteiger partial charge is 0.371 e. The van der Waals surface area contributed by atoms with Gasteiger partial charge in [-0.1, -0.05) is 23.2 Å². The van der Waals surface area contributed by atoms with Gasteiger partial charge in [0.2, 0.25) is 0 Å². The van der Waals surface area contributed by atoms with Crippen LogP contribution in [0.2, 0.25) is 10.0 Å². The minimum absolute atomic E-state index is 0.622. The van der Waals surface area contributed by atoms with Gasteiger partial charge in [-0.05, 0) is 44.1 Å². The van der Waals surface area contributed by atoms with Crippen molar-refractivity contribution in [3.8, 4) is 0 Å². The summed E-state index contributed by atoms with van der Waals surface area (Å²) in [6.07, 6.45) is 1.24. The second kappa shape index (κ2) is 5.26. The summed E-state index contributed by atoms with van der Waals surface area (Å²) in [5, 5.41) is 4.49. The van der Waals surface area contributed by atoms with Crippen LogP contribution in [0.1, 0.15) is 6.42 Å². The summed E-state index contributed by atoms with van der Waals surface area (Å²) in [4.78, 5) is 2.37. The van der Waals surface area contributed by atoms with Crippen molar-refractivity contribution >= 4 is 28.9 Å². The van der Waals surface area contributed by atoms with Crippen LogP contribution in [0.3, 0.4) is 0 Å². The van der Waals surface area contributed by atoms with E-state index in [0.29, 0.717) is 10.0 Å². The van der Waals surface area contributed by atoms with Gasteiger partial charge in [0, 0.05) is 18.8 Å². The number of rotatable bonds is 3. The van der Waals surface area contributed by atoms with Crippen LogP contribution in [0.4, 0.5) is 5.69 Å². The van der Waals surface area contributed by atoms with Gasteiger partial charge in [-0.3, -0.25) is 0 Å². The van der Waals surface area contributed by atoms with E-state index in [-0.39, 0.29) is 0 Å².